The number of hydrogen-bond donors (Lipinski definition) is 0. The number of carbonyl (C=O) groups excluding carboxylic acids is 2. The average molecular weight is 431 g/mol. The van der Waals surface area contributed by atoms with Gasteiger partial charge in [-0.15, -0.1) is 0 Å². The molecule has 0 saturated carbocycles. The minimum absolute atomic E-state index is 0.0996. The molecule has 0 fully saturated rings. The van der Waals surface area contributed by atoms with Crippen molar-refractivity contribution in [1.82, 2.24) is 0 Å². The second-order valence-corrected chi connectivity index (χ2v) is 8.82. The highest BCUT2D eigenvalue weighted by molar-refractivity contribution is 5.99. The van der Waals surface area contributed by atoms with Crippen LogP contribution in [-0.2, 0) is 11.2 Å². The lowest BCUT2D eigenvalue weighted by Crippen LogP contribution is -2.11. The molecule has 31 heavy (non-hydrogen) atoms. The molecule has 0 saturated heterocycles. The molecular formula is C28H46O3. The zero-order valence-corrected chi connectivity index (χ0v) is 20.5. The molecule has 1 rings (SSSR count). The molecule has 0 spiro atoms. The topological polar surface area (TPSA) is 43.4 Å². The first-order valence-electron chi connectivity index (χ1n) is 13.0. The predicted octanol–water partition coefficient (Wildman–Crippen LogP) is 8.62. The number of aryl methyl sites for hydroxylation is 1. The van der Waals surface area contributed by atoms with Gasteiger partial charge in [0.25, 0.3) is 0 Å². The van der Waals surface area contributed by atoms with Gasteiger partial charge in [-0.05, 0) is 37.0 Å². The van der Waals surface area contributed by atoms with Crippen LogP contribution < -0.4 is 4.74 Å². The van der Waals surface area contributed by atoms with Crippen LogP contribution in [0.5, 0.6) is 5.75 Å². The summed E-state index contributed by atoms with van der Waals surface area (Å²) in [5, 5.41) is 0. The molecule has 0 aliphatic carbocycles. The average Bonchev–Trinajstić information content (AvgIpc) is 2.78. The Morgan fingerprint density at radius 2 is 1.19 bits per heavy atom. The third kappa shape index (κ3) is 12.7. The maximum Gasteiger partial charge on any atom is 0.311 e. The Morgan fingerprint density at radius 1 is 0.677 bits per heavy atom. The molecule has 0 unspecified atom stereocenters. The van der Waals surface area contributed by atoms with Crippen LogP contribution in [0.15, 0.2) is 18.2 Å². The van der Waals surface area contributed by atoms with E-state index in [0.717, 1.165) is 37.7 Å². The molecule has 0 aromatic heterocycles. The molecule has 0 aliphatic heterocycles. The van der Waals surface area contributed by atoms with Gasteiger partial charge in [-0.1, -0.05) is 104 Å². The summed E-state index contributed by atoms with van der Waals surface area (Å²) >= 11 is 0. The Labute approximate surface area is 191 Å². The van der Waals surface area contributed by atoms with Crippen LogP contribution in [0, 0.1) is 0 Å². The minimum atomic E-state index is -0.220. The molecule has 3 nitrogen and oxygen atoms in total. The molecular weight excluding hydrogens is 384 g/mol. The zero-order chi connectivity index (χ0) is 22.7. The monoisotopic (exact) mass is 430 g/mol. The molecule has 0 atom stereocenters. The van der Waals surface area contributed by atoms with Gasteiger partial charge in [-0.3, -0.25) is 9.59 Å². The van der Waals surface area contributed by atoms with E-state index in [9.17, 15) is 9.59 Å². The van der Waals surface area contributed by atoms with E-state index >= 15 is 0 Å². The third-order valence-corrected chi connectivity index (χ3v) is 5.97. The van der Waals surface area contributed by atoms with E-state index in [1.807, 2.05) is 12.1 Å². The second-order valence-electron chi connectivity index (χ2n) is 8.82. The summed E-state index contributed by atoms with van der Waals surface area (Å²) < 4.78 is 5.62. The highest BCUT2D eigenvalue weighted by Gasteiger charge is 2.16. The largest absolute Gasteiger partial charge is 0.426 e. The summed E-state index contributed by atoms with van der Waals surface area (Å²) in [6, 6.07) is 5.68. The fourth-order valence-electron chi connectivity index (χ4n) is 3.88. The summed E-state index contributed by atoms with van der Waals surface area (Å²) in [7, 11) is 0. The number of Topliss-reactive ketones (excluding diaryl/α,β-unsaturated/α-hetero) is 1. The van der Waals surface area contributed by atoms with Crippen LogP contribution in [0.25, 0.3) is 0 Å². The molecule has 1 aromatic rings. The lowest BCUT2D eigenvalue weighted by molar-refractivity contribution is -0.134. The van der Waals surface area contributed by atoms with Crippen molar-refractivity contribution in [3.8, 4) is 5.75 Å². The SMILES string of the molecule is CCCCCCCCCC(=O)Oc1ccc(CC)cc1C(=O)CCCCCCCCC. The Morgan fingerprint density at radius 3 is 1.74 bits per heavy atom. The molecule has 0 amide bonds. The van der Waals surface area contributed by atoms with E-state index in [1.54, 1.807) is 6.07 Å². The quantitative estimate of drug-likeness (QED) is 0.0954. The van der Waals surface area contributed by atoms with Gasteiger partial charge in [-0.25, -0.2) is 0 Å². The van der Waals surface area contributed by atoms with Crippen molar-refractivity contribution in [2.45, 2.75) is 130 Å². The molecule has 0 radical (unpaired) electrons. The zero-order valence-electron chi connectivity index (χ0n) is 20.5. The van der Waals surface area contributed by atoms with E-state index < -0.39 is 0 Å². The fourth-order valence-corrected chi connectivity index (χ4v) is 3.88. The molecule has 0 bridgehead atoms. The van der Waals surface area contributed by atoms with Crippen molar-refractivity contribution in [3.63, 3.8) is 0 Å². The number of carbonyl (C=O) groups is 2. The van der Waals surface area contributed by atoms with Crippen molar-refractivity contribution in [1.29, 1.82) is 0 Å². The van der Waals surface area contributed by atoms with Gasteiger partial charge in [0, 0.05) is 12.8 Å². The number of rotatable bonds is 19. The van der Waals surface area contributed by atoms with Crippen molar-refractivity contribution < 1.29 is 14.3 Å². The number of hydrogen-bond acceptors (Lipinski definition) is 3. The first kappa shape index (κ1) is 27.4. The van der Waals surface area contributed by atoms with Gasteiger partial charge < -0.3 is 4.74 Å². The first-order valence-corrected chi connectivity index (χ1v) is 13.0. The molecule has 0 heterocycles. The van der Waals surface area contributed by atoms with E-state index in [-0.39, 0.29) is 11.8 Å². The maximum absolute atomic E-state index is 12.8. The summed E-state index contributed by atoms with van der Waals surface area (Å²) in [4.78, 5) is 25.2. The number of ether oxygens (including phenoxy) is 1. The molecule has 0 aliphatic rings. The van der Waals surface area contributed by atoms with Crippen molar-refractivity contribution in [3.05, 3.63) is 29.3 Å². The van der Waals surface area contributed by atoms with E-state index in [2.05, 4.69) is 20.8 Å². The minimum Gasteiger partial charge on any atom is -0.426 e. The Bertz CT molecular complexity index is 621. The van der Waals surface area contributed by atoms with E-state index in [1.165, 1.54) is 64.2 Å². The van der Waals surface area contributed by atoms with Crippen LogP contribution >= 0.6 is 0 Å². The second kappa shape index (κ2) is 18.0. The number of benzene rings is 1. The van der Waals surface area contributed by atoms with Crippen LogP contribution in [0.1, 0.15) is 139 Å². The van der Waals surface area contributed by atoms with Crippen molar-refractivity contribution in [2.24, 2.45) is 0 Å². The van der Waals surface area contributed by atoms with Crippen LogP contribution in [0.2, 0.25) is 0 Å². The Hall–Kier alpha value is -1.64. The summed E-state index contributed by atoms with van der Waals surface area (Å²) in [5.74, 6) is 0.323. The maximum atomic E-state index is 12.8. The summed E-state index contributed by atoms with van der Waals surface area (Å²) in [5.41, 5.74) is 1.69. The van der Waals surface area contributed by atoms with Gasteiger partial charge in [0.15, 0.2) is 5.78 Å². The van der Waals surface area contributed by atoms with Crippen molar-refractivity contribution >= 4 is 11.8 Å². The Kier molecular flexibility index (Phi) is 15.9. The van der Waals surface area contributed by atoms with Crippen LogP contribution in [-0.4, -0.2) is 11.8 Å². The number of unbranched alkanes of at least 4 members (excludes halogenated alkanes) is 12. The number of esters is 1. The van der Waals surface area contributed by atoms with Gasteiger partial charge in [0.2, 0.25) is 0 Å². The first-order chi connectivity index (χ1) is 15.1. The van der Waals surface area contributed by atoms with Crippen molar-refractivity contribution in [2.75, 3.05) is 0 Å². The summed E-state index contributed by atoms with van der Waals surface area (Å²) in [6.45, 7) is 6.52. The van der Waals surface area contributed by atoms with Gasteiger partial charge >= 0.3 is 5.97 Å². The predicted molar refractivity (Wildman–Crippen MR) is 131 cm³/mol. The molecule has 176 valence electrons. The summed E-state index contributed by atoms with van der Waals surface area (Å²) in [6.07, 6.45) is 18.3. The smallest absolute Gasteiger partial charge is 0.311 e. The standard InChI is InChI=1S/C28H46O3/c1-4-7-9-11-13-15-17-19-26(29)25-23-24(6-3)21-22-27(25)31-28(30)20-18-16-14-12-10-8-5-2/h21-23H,4-20H2,1-3H3. The fraction of sp³-hybridized carbons (Fsp3) is 0.714. The third-order valence-electron chi connectivity index (χ3n) is 5.97. The molecule has 1 aromatic carbocycles. The van der Waals surface area contributed by atoms with Gasteiger partial charge in [0.05, 0.1) is 5.56 Å². The lowest BCUT2D eigenvalue weighted by atomic mass is 10.00. The van der Waals surface area contributed by atoms with Gasteiger partial charge in [0.1, 0.15) is 5.75 Å². The van der Waals surface area contributed by atoms with E-state index in [0.29, 0.717) is 24.2 Å². The normalized spacial score (nSPS) is 10.9. The van der Waals surface area contributed by atoms with Crippen LogP contribution in [0.4, 0.5) is 0 Å². The lowest BCUT2D eigenvalue weighted by Gasteiger charge is -2.11. The Balaban J connectivity index is 2.47. The van der Waals surface area contributed by atoms with E-state index in [4.69, 9.17) is 4.74 Å². The highest BCUT2D eigenvalue weighted by Crippen LogP contribution is 2.24. The molecule has 3 heteroatoms. The molecule has 0 N–H and O–H groups in total. The van der Waals surface area contributed by atoms with Crippen LogP contribution in [0.3, 0.4) is 0 Å². The van der Waals surface area contributed by atoms with Gasteiger partial charge in [-0.2, -0.15) is 0 Å². The number of ketones is 1. The highest BCUT2D eigenvalue weighted by atomic mass is 16.5.